The fourth-order valence-corrected chi connectivity index (χ4v) is 3.53. The van der Waals surface area contributed by atoms with E-state index in [0.29, 0.717) is 0 Å². The molecule has 0 radical (unpaired) electrons. The van der Waals surface area contributed by atoms with Crippen LogP contribution in [0.3, 0.4) is 0 Å². The summed E-state index contributed by atoms with van der Waals surface area (Å²) < 4.78 is 6.66. The summed E-state index contributed by atoms with van der Waals surface area (Å²) in [4.78, 5) is 4.59. The molecular weight excluding hydrogens is 268 g/mol. The van der Waals surface area contributed by atoms with Gasteiger partial charge in [0.25, 0.3) is 0 Å². The molecule has 0 spiro atoms. The maximum absolute atomic E-state index is 5.99. The molecule has 1 unspecified atom stereocenters. The lowest BCUT2D eigenvalue weighted by Gasteiger charge is -2.34. The van der Waals surface area contributed by atoms with Crippen LogP contribution in [0.5, 0.6) is 0 Å². The Labute approximate surface area is 115 Å². The van der Waals surface area contributed by atoms with Crippen molar-refractivity contribution in [3.8, 4) is 0 Å². The van der Waals surface area contributed by atoms with Gasteiger partial charge in [-0.25, -0.2) is 4.98 Å². The van der Waals surface area contributed by atoms with Gasteiger partial charge in [-0.1, -0.05) is 22.9 Å². The van der Waals surface area contributed by atoms with E-state index in [2.05, 4.69) is 17.2 Å². The SMILES string of the molecule is CC1(Nc2nc3ccc(Cl)cc3s2)CCCOC1. The van der Waals surface area contributed by atoms with Crippen molar-refractivity contribution in [2.45, 2.75) is 25.3 Å². The maximum atomic E-state index is 5.99. The third-order valence-corrected chi connectivity index (χ3v) is 4.37. The van der Waals surface area contributed by atoms with E-state index < -0.39 is 0 Å². The lowest BCUT2D eigenvalue weighted by atomic mass is 9.95. The predicted molar refractivity (Wildman–Crippen MR) is 76.7 cm³/mol. The molecule has 18 heavy (non-hydrogen) atoms. The highest BCUT2D eigenvalue weighted by Crippen LogP contribution is 2.31. The quantitative estimate of drug-likeness (QED) is 0.906. The molecule has 1 aromatic heterocycles. The summed E-state index contributed by atoms with van der Waals surface area (Å²) in [5.74, 6) is 0. The van der Waals surface area contributed by atoms with Gasteiger partial charge in [-0.3, -0.25) is 0 Å². The van der Waals surface area contributed by atoms with Gasteiger partial charge >= 0.3 is 0 Å². The minimum Gasteiger partial charge on any atom is -0.379 e. The molecular formula is C13H15ClN2OS. The number of aromatic nitrogens is 1. The van der Waals surface area contributed by atoms with Crippen LogP contribution in [0.2, 0.25) is 5.02 Å². The molecule has 0 bridgehead atoms. The minimum absolute atomic E-state index is 0.00405. The van der Waals surface area contributed by atoms with E-state index in [-0.39, 0.29) is 5.54 Å². The number of nitrogens with zero attached hydrogens (tertiary/aromatic N) is 1. The number of rotatable bonds is 2. The monoisotopic (exact) mass is 282 g/mol. The smallest absolute Gasteiger partial charge is 0.184 e. The van der Waals surface area contributed by atoms with Crippen LogP contribution in [0.4, 0.5) is 5.13 Å². The molecule has 2 aromatic rings. The van der Waals surface area contributed by atoms with Crippen LogP contribution in [0.15, 0.2) is 18.2 Å². The molecule has 1 aliphatic rings. The summed E-state index contributed by atoms with van der Waals surface area (Å²) in [6.07, 6.45) is 2.21. The molecule has 1 saturated heterocycles. The minimum atomic E-state index is -0.00405. The zero-order valence-corrected chi connectivity index (χ0v) is 11.8. The topological polar surface area (TPSA) is 34.2 Å². The van der Waals surface area contributed by atoms with E-state index in [1.54, 1.807) is 11.3 Å². The zero-order chi connectivity index (χ0) is 12.6. The Morgan fingerprint density at radius 2 is 2.39 bits per heavy atom. The van der Waals surface area contributed by atoms with E-state index in [1.165, 1.54) is 0 Å². The third-order valence-electron chi connectivity index (χ3n) is 3.20. The van der Waals surface area contributed by atoms with Crippen molar-refractivity contribution < 1.29 is 4.74 Å². The second-order valence-corrected chi connectivity index (χ2v) is 6.44. The number of ether oxygens (including phenoxy) is 1. The molecule has 3 rings (SSSR count). The molecule has 2 heterocycles. The molecule has 1 N–H and O–H groups in total. The van der Waals surface area contributed by atoms with Gasteiger partial charge in [-0.15, -0.1) is 0 Å². The van der Waals surface area contributed by atoms with Crippen LogP contribution in [-0.2, 0) is 4.74 Å². The molecule has 0 amide bonds. The second-order valence-electron chi connectivity index (χ2n) is 4.97. The van der Waals surface area contributed by atoms with Crippen LogP contribution in [0, 0.1) is 0 Å². The van der Waals surface area contributed by atoms with Gasteiger partial charge < -0.3 is 10.1 Å². The first-order valence-electron chi connectivity index (χ1n) is 6.07. The second kappa shape index (κ2) is 4.68. The van der Waals surface area contributed by atoms with Crippen molar-refractivity contribution in [1.82, 2.24) is 4.98 Å². The van der Waals surface area contributed by atoms with E-state index in [0.717, 1.165) is 46.4 Å². The van der Waals surface area contributed by atoms with Crippen LogP contribution in [0.1, 0.15) is 19.8 Å². The van der Waals surface area contributed by atoms with Gasteiger partial charge in [0.15, 0.2) is 5.13 Å². The molecule has 1 fully saturated rings. The Balaban J connectivity index is 1.86. The standard InChI is InChI=1S/C13H15ClN2OS/c1-13(5-2-6-17-8-13)16-12-15-10-4-3-9(14)7-11(10)18-12/h3-4,7H,2,5-6,8H2,1H3,(H,15,16). The summed E-state index contributed by atoms with van der Waals surface area (Å²) in [5.41, 5.74) is 0.989. The molecule has 5 heteroatoms. The Kier molecular flexibility index (Phi) is 3.18. The maximum Gasteiger partial charge on any atom is 0.184 e. The summed E-state index contributed by atoms with van der Waals surface area (Å²) in [6.45, 7) is 3.79. The molecule has 1 aliphatic heterocycles. The van der Waals surface area contributed by atoms with E-state index in [1.807, 2.05) is 18.2 Å². The first-order valence-corrected chi connectivity index (χ1v) is 7.26. The van der Waals surface area contributed by atoms with Crippen molar-refractivity contribution in [3.63, 3.8) is 0 Å². The van der Waals surface area contributed by atoms with Gasteiger partial charge in [0, 0.05) is 11.6 Å². The number of thiazole rings is 1. The molecule has 96 valence electrons. The number of hydrogen-bond acceptors (Lipinski definition) is 4. The van der Waals surface area contributed by atoms with Gasteiger partial charge in [0.1, 0.15) is 0 Å². The van der Waals surface area contributed by atoms with Gasteiger partial charge in [0.05, 0.1) is 22.4 Å². The summed E-state index contributed by atoms with van der Waals surface area (Å²) in [5, 5.41) is 5.20. The highest BCUT2D eigenvalue weighted by molar-refractivity contribution is 7.22. The summed E-state index contributed by atoms with van der Waals surface area (Å²) in [7, 11) is 0. The van der Waals surface area contributed by atoms with Crippen molar-refractivity contribution in [2.75, 3.05) is 18.5 Å². The summed E-state index contributed by atoms with van der Waals surface area (Å²) in [6, 6.07) is 5.79. The highest BCUT2D eigenvalue weighted by atomic mass is 35.5. The number of hydrogen-bond donors (Lipinski definition) is 1. The molecule has 3 nitrogen and oxygen atoms in total. The molecule has 0 aliphatic carbocycles. The van der Waals surface area contributed by atoms with Crippen molar-refractivity contribution in [1.29, 1.82) is 0 Å². The van der Waals surface area contributed by atoms with E-state index in [4.69, 9.17) is 16.3 Å². The van der Waals surface area contributed by atoms with E-state index in [9.17, 15) is 0 Å². The lowest BCUT2D eigenvalue weighted by Crippen LogP contribution is -2.42. The third kappa shape index (κ3) is 2.46. The summed E-state index contributed by atoms with van der Waals surface area (Å²) >= 11 is 7.63. The fraction of sp³-hybridized carbons (Fsp3) is 0.462. The Morgan fingerprint density at radius 1 is 1.50 bits per heavy atom. The lowest BCUT2D eigenvalue weighted by molar-refractivity contribution is 0.0540. The van der Waals surface area contributed by atoms with Crippen LogP contribution < -0.4 is 5.32 Å². The van der Waals surface area contributed by atoms with E-state index >= 15 is 0 Å². The largest absolute Gasteiger partial charge is 0.379 e. The van der Waals surface area contributed by atoms with Crippen LogP contribution in [-0.4, -0.2) is 23.7 Å². The van der Waals surface area contributed by atoms with Crippen LogP contribution in [0.25, 0.3) is 10.2 Å². The van der Waals surface area contributed by atoms with Gasteiger partial charge in [-0.2, -0.15) is 0 Å². The normalized spacial score (nSPS) is 24.3. The fourth-order valence-electron chi connectivity index (χ4n) is 2.24. The number of benzene rings is 1. The molecule has 1 atom stereocenters. The Hall–Kier alpha value is -0.840. The Morgan fingerprint density at radius 3 is 3.17 bits per heavy atom. The van der Waals surface area contributed by atoms with Crippen molar-refractivity contribution in [3.05, 3.63) is 23.2 Å². The predicted octanol–water partition coefficient (Wildman–Crippen LogP) is 3.93. The first kappa shape index (κ1) is 12.2. The number of anilines is 1. The van der Waals surface area contributed by atoms with Gasteiger partial charge in [0.2, 0.25) is 0 Å². The zero-order valence-electron chi connectivity index (χ0n) is 10.2. The van der Waals surface area contributed by atoms with Gasteiger partial charge in [-0.05, 0) is 38.0 Å². The average Bonchev–Trinajstić information content (AvgIpc) is 2.70. The highest BCUT2D eigenvalue weighted by Gasteiger charge is 2.28. The Bertz CT molecular complexity index is 563. The van der Waals surface area contributed by atoms with Crippen molar-refractivity contribution >= 4 is 38.3 Å². The first-order chi connectivity index (χ1) is 8.65. The average molecular weight is 283 g/mol. The van der Waals surface area contributed by atoms with Crippen molar-refractivity contribution in [2.24, 2.45) is 0 Å². The molecule has 1 aromatic carbocycles. The molecule has 0 saturated carbocycles. The number of halogens is 1. The number of fused-ring (bicyclic) bond motifs is 1. The number of nitrogens with one attached hydrogen (secondary N) is 1. The van der Waals surface area contributed by atoms with Crippen LogP contribution >= 0.6 is 22.9 Å².